The fourth-order valence-electron chi connectivity index (χ4n) is 4.92. The van der Waals surface area contributed by atoms with Crippen molar-refractivity contribution in [3.63, 3.8) is 0 Å². The normalized spacial score (nSPS) is 19.2. The lowest BCUT2D eigenvalue weighted by molar-refractivity contribution is 0.0699. The van der Waals surface area contributed by atoms with Gasteiger partial charge in [0.2, 0.25) is 0 Å². The number of carbonyl (C=O) groups is 2. The monoisotopic (exact) mass is 449 g/mol. The van der Waals surface area contributed by atoms with Crippen LogP contribution >= 0.6 is 0 Å². The molecule has 4 heterocycles. The topological polar surface area (TPSA) is 82.2 Å². The molecular formula is C25H28FN5O2. The standard InChI is InChI=1S/C25H28FN5O2/c1-16-20(24(32)30-9-3-2-4-10-30)14-27-23(28-16)18-6-5-11-31(15-18)25(33)22-12-17-7-8-19(26)13-21(17)29-22/h7-8,12-14,18,29H,2-6,9-11,15H2,1H3/t18-/m0/s1. The largest absolute Gasteiger partial charge is 0.350 e. The third-order valence-corrected chi connectivity index (χ3v) is 6.76. The molecule has 0 radical (unpaired) electrons. The summed E-state index contributed by atoms with van der Waals surface area (Å²) in [6.45, 7) is 4.61. The highest BCUT2D eigenvalue weighted by molar-refractivity contribution is 5.98. The number of hydrogen-bond acceptors (Lipinski definition) is 4. The maximum Gasteiger partial charge on any atom is 0.270 e. The van der Waals surface area contributed by atoms with Gasteiger partial charge in [0, 0.05) is 49.2 Å². The maximum absolute atomic E-state index is 13.5. The predicted molar refractivity (Wildman–Crippen MR) is 123 cm³/mol. The average Bonchev–Trinajstić information content (AvgIpc) is 3.27. The van der Waals surface area contributed by atoms with Crippen molar-refractivity contribution < 1.29 is 14.0 Å². The molecule has 5 rings (SSSR count). The van der Waals surface area contributed by atoms with Crippen LogP contribution in [-0.2, 0) is 0 Å². The van der Waals surface area contributed by atoms with Crippen LogP contribution in [0.25, 0.3) is 10.9 Å². The molecule has 2 fully saturated rings. The summed E-state index contributed by atoms with van der Waals surface area (Å²) in [4.78, 5) is 42.0. The minimum atomic E-state index is -0.337. The second-order valence-electron chi connectivity index (χ2n) is 9.09. The van der Waals surface area contributed by atoms with Crippen molar-refractivity contribution in [3.8, 4) is 0 Å². The summed E-state index contributed by atoms with van der Waals surface area (Å²) in [5, 5.41) is 0.807. The Bertz CT molecular complexity index is 1200. The molecule has 2 aliphatic heterocycles. The van der Waals surface area contributed by atoms with E-state index in [4.69, 9.17) is 0 Å². The number of hydrogen-bond donors (Lipinski definition) is 1. The zero-order valence-corrected chi connectivity index (χ0v) is 18.8. The van der Waals surface area contributed by atoms with E-state index >= 15 is 0 Å². The molecule has 0 bridgehead atoms. The summed E-state index contributed by atoms with van der Waals surface area (Å²) in [7, 11) is 0. The van der Waals surface area contributed by atoms with Gasteiger partial charge in [-0.15, -0.1) is 0 Å². The number of aromatic nitrogens is 3. The van der Waals surface area contributed by atoms with Crippen molar-refractivity contribution in [3.05, 3.63) is 59.1 Å². The van der Waals surface area contributed by atoms with Crippen LogP contribution in [0.5, 0.6) is 0 Å². The highest BCUT2D eigenvalue weighted by Gasteiger charge is 2.29. The van der Waals surface area contributed by atoms with E-state index < -0.39 is 0 Å². The number of aromatic amines is 1. The van der Waals surface area contributed by atoms with E-state index in [1.807, 2.05) is 11.8 Å². The van der Waals surface area contributed by atoms with Crippen molar-refractivity contribution in [2.75, 3.05) is 26.2 Å². The molecule has 1 N–H and O–H groups in total. The second kappa shape index (κ2) is 8.92. The van der Waals surface area contributed by atoms with Crippen LogP contribution in [0.2, 0.25) is 0 Å². The Hall–Kier alpha value is -3.29. The predicted octanol–water partition coefficient (Wildman–Crippen LogP) is 4.05. The Morgan fingerprint density at radius 1 is 1.03 bits per heavy atom. The SMILES string of the molecule is Cc1nc([C@H]2CCCN(C(=O)c3cc4ccc(F)cc4[nH]3)C2)ncc1C(=O)N1CCCCC1. The second-order valence-corrected chi connectivity index (χ2v) is 9.09. The van der Waals surface area contributed by atoms with Crippen molar-refractivity contribution in [1.29, 1.82) is 0 Å². The molecule has 172 valence electrons. The smallest absolute Gasteiger partial charge is 0.270 e. The quantitative estimate of drug-likeness (QED) is 0.654. The van der Waals surface area contributed by atoms with Crippen molar-refractivity contribution in [1.82, 2.24) is 24.8 Å². The molecule has 0 spiro atoms. The number of nitrogens with zero attached hydrogens (tertiary/aromatic N) is 4. The molecular weight excluding hydrogens is 421 g/mol. The van der Waals surface area contributed by atoms with Crippen molar-refractivity contribution in [2.45, 2.75) is 44.9 Å². The summed E-state index contributed by atoms with van der Waals surface area (Å²) in [5.41, 5.74) is 2.32. The number of H-pyrrole nitrogens is 1. The Balaban J connectivity index is 1.31. The lowest BCUT2D eigenvalue weighted by atomic mass is 9.96. The van der Waals surface area contributed by atoms with Crippen molar-refractivity contribution in [2.24, 2.45) is 0 Å². The van der Waals surface area contributed by atoms with Gasteiger partial charge in [0.15, 0.2) is 0 Å². The number of aryl methyl sites for hydroxylation is 1. The Morgan fingerprint density at radius 3 is 2.61 bits per heavy atom. The fourth-order valence-corrected chi connectivity index (χ4v) is 4.92. The van der Waals surface area contributed by atoms with E-state index in [1.54, 1.807) is 23.2 Å². The molecule has 2 amide bonds. The molecule has 33 heavy (non-hydrogen) atoms. The molecule has 0 unspecified atom stereocenters. The Labute approximate surface area is 192 Å². The van der Waals surface area contributed by atoms with Gasteiger partial charge in [-0.2, -0.15) is 0 Å². The summed E-state index contributed by atoms with van der Waals surface area (Å²) in [6.07, 6.45) is 6.65. The summed E-state index contributed by atoms with van der Waals surface area (Å²) < 4.78 is 13.5. The van der Waals surface area contributed by atoms with Gasteiger partial charge >= 0.3 is 0 Å². The molecule has 2 aromatic heterocycles. The first-order valence-corrected chi connectivity index (χ1v) is 11.7. The third-order valence-electron chi connectivity index (χ3n) is 6.76. The molecule has 8 heteroatoms. The number of amides is 2. The fraction of sp³-hybridized carbons (Fsp3) is 0.440. The molecule has 0 aliphatic carbocycles. The number of likely N-dealkylation sites (tertiary alicyclic amines) is 2. The van der Waals surface area contributed by atoms with Crippen LogP contribution < -0.4 is 0 Å². The third kappa shape index (κ3) is 4.34. The van der Waals surface area contributed by atoms with Gasteiger partial charge in [0.05, 0.1) is 11.3 Å². The van der Waals surface area contributed by atoms with E-state index in [2.05, 4.69) is 15.0 Å². The molecule has 3 aromatic rings. The van der Waals surface area contributed by atoms with Crippen molar-refractivity contribution >= 4 is 22.7 Å². The summed E-state index contributed by atoms with van der Waals surface area (Å²) in [6, 6.07) is 6.22. The highest BCUT2D eigenvalue weighted by Crippen LogP contribution is 2.27. The van der Waals surface area contributed by atoms with Crippen LogP contribution in [0.4, 0.5) is 4.39 Å². The van der Waals surface area contributed by atoms with E-state index in [-0.39, 0.29) is 23.5 Å². The van der Waals surface area contributed by atoms with Gasteiger partial charge in [-0.25, -0.2) is 14.4 Å². The Morgan fingerprint density at radius 2 is 1.82 bits per heavy atom. The number of nitrogens with one attached hydrogen (secondary N) is 1. The van der Waals surface area contributed by atoms with Crippen LogP contribution in [0, 0.1) is 12.7 Å². The molecule has 7 nitrogen and oxygen atoms in total. The van der Waals surface area contributed by atoms with E-state index in [9.17, 15) is 14.0 Å². The molecule has 2 saturated heterocycles. The number of carbonyl (C=O) groups excluding carboxylic acids is 2. The van der Waals surface area contributed by atoms with E-state index in [0.717, 1.165) is 44.2 Å². The molecule has 1 atom stereocenters. The van der Waals surface area contributed by atoms with Gasteiger partial charge in [0.1, 0.15) is 17.3 Å². The molecule has 2 aliphatic rings. The molecule has 1 aromatic carbocycles. The Kier molecular flexibility index (Phi) is 5.83. The average molecular weight is 450 g/mol. The zero-order chi connectivity index (χ0) is 22.9. The van der Waals surface area contributed by atoms with Gasteiger partial charge in [0.25, 0.3) is 11.8 Å². The van der Waals surface area contributed by atoms with E-state index in [1.165, 1.54) is 18.6 Å². The number of fused-ring (bicyclic) bond motifs is 1. The minimum Gasteiger partial charge on any atom is -0.350 e. The number of rotatable bonds is 3. The first kappa shape index (κ1) is 21.6. The van der Waals surface area contributed by atoms with Crippen LogP contribution in [-0.4, -0.2) is 62.7 Å². The first-order valence-electron chi connectivity index (χ1n) is 11.7. The van der Waals surface area contributed by atoms with Gasteiger partial charge in [-0.05, 0) is 63.3 Å². The lowest BCUT2D eigenvalue weighted by Gasteiger charge is -2.32. The zero-order valence-electron chi connectivity index (χ0n) is 18.8. The van der Waals surface area contributed by atoms with Gasteiger partial charge < -0.3 is 14.8 Å². The van der Waals surface area contributed by atoms with Crippen LogP contribution in [0.15, 0.2) is 30.5 Å². The maximum atomic E-state index is 13.5. The summed E-state index contributed by atoms with van der Waals surface area (Å²) in [5.74, 6) is 0.261. The van der Waals surface area contributed by atoms with Crippen LogP contribution in [0.3, 0.4) is 0 Å². The lowest BCUT2D eigenvalue weighted by Crippen LogP contribution is -2.40. The van der Waals surface area contributed by atoms with Gasteiger partial charge in [-0.1, -0.05) is 0 Å². The van der Waals surface area contributed by atoms with E-state index in [0.29, 0.717) is 41.4 Å². The number of benzene rings is 1. The van der Waals surface area contributed by atoms with Crippen LogP contribution in [0.1, 0.15) is 70.4 Å². The number of halogens is 1. The van der Waals surface area contributed by atoms with Gasteiger partial charge in [-0.3, -0.25) is 9.59 Å². The highest BCUT2D eigenvalue weighted by atomic mass is 19.1. The molecule has 0 saturated carbocycles. The first-order chi connectivity index (χ1) is 16.0. The number of piperidine rings is 2. The summed E-state index contributed by atoms with van der Waals surface area (Å²) >= 11 is 0. The minimum absolute atomic E-state index is 0.00875.